The Bertz CT molecular complexity index is 293. The van der Waals surface area contributed by atoms with Gasteiger partial charge >= 0.3 is 0 Å². The molecule has 1 aromatic rings. The zero-order valence-corrected chi connectivity index (χ0v) is 14.9. The van der Waals surface area contributed by atoms with Crippen molar-refractivity contribution >= 4 is 23.5 Å². The van der Waals surface area contributed by atoms with E-state index in [4.69, 9.17) is 5.84 Å². The normalized spacial score (nSPS) is 7.68. The van der Waals surface area contributed by atoms with Crippen LogP contribution in [-0.4, -0.2) is 18.3 Å². The number of hydrazine groups is 1. The van der Waals surface area contributed by atoms with E-state index in [1.807, 2.05) is 67.8 Å². The van der Waals surface area contributed by atoms with Gasteiger partial charge in [0.05, 0.1) is 11.9 Å². The second kappa shape index (κ2) is 17.1. The molecule has 0 aliphatic carbocycles. The van der Waals surface area contributed by atoms with Crippen LogP contribution in [0.25, 0.3) is 0 Å². The van der Waals surface area contributed by atoms with Gasteiger partial charge in [0.1, 0.15) is 5.82 Å². The topological polar surface area (TPSA) is 54.2 Å². The van der Waals surface area contributed by atoms with Crippen LogP contribution in [0.3, 0.4) is 0 Å². The predicted molar refractivity (Wildman–Crippen MR) is 92.7 cm³/mol. The zero-order valence-electron chi connectivity index (χ0n) is 14.0. The van der Waals surface area contributed by atoms with Crippen molar-refractivity contribution in [2.24, 2.45) is 5.84 Å². The molecule has 3 N–H and O–H groups in total. The number of aromatic nitrogens is 1. The summed E-state index contributed by atoms with van der Waals surface area (Å²) >= 11 is 1.46. The van der Waals surface area contributed by atoms with Gasteiger partial charge < -0.3 is 5.32 Å². The minimum absolute atomic E-state index is 0.857. The molecular formula is C14H32N4S. The molecular weight excluding hydrogens is 256 g/mol. The molecule has 0 saturated heterocycles. The predicted octanol–water partition coefficient (Wildman–Crippen LogP) is 4.47. The molecule has 0 spiro atoms. The van der Waals surface area contributed by atoms with Crippen molar-refractivity contribution in [3.8, 4) is 0 Å². The molecule has 0 aromatic carbocycles. The smallest absolute Gasteiger partial charge is 0.126 e. The van der Waals surface area contributed by atoms with Gasteiger partial charge in [-0.05, 0) is 30.5 Å². The molecule has 19 heavy (non-hydrogen) atoms. The third-order valence-corrected chi connectivity index (χ3v) is 2.36. The number of pyridine rings is 1. The molecule has 0 saturated carbocycles. The molecule has 0 amide bonds. The minimum Gasteiger partial charge on any atom is -0.373 e. The van der Waals surface area contributed by atoms with Crippen molar-refractivity contribution in [2.75, 3.05) is 23.0 Å². The zero-order chi connectivity index (χ0) is 15.8. The summed E-state index contributed by atoms with van der Waals surface area (Å²) in [6.45, 7) is 14.0. The molecule has 0 unspecified atom stereocenters. The maximum absolute atomic E-state index is 5.72. The van der Waals surface area contributed by atoms with Crippen LogP contribution in [0.1, 0.15) is 47.1 Å². The Morgan fingerprint density at radius 3 is 1.95 bits per heavy atom. The molecule has 114 valence electrons. The lowest BCUT2D eigenvalue weighted by Crippen LogP contribution is -2.22. The van der Waals surface area contributed by atoms with Gasteiger partial charge in [0, 0.05) is 13.3 Å². The molecule has 5 heteroatoms. The van der Waals surface area contributed by atoms with Crippen LogP contribution in [-0.2, 0) is 0 Å². The van der Waals surface area contributed by atoms with Gasteiger partial charge in [0.15, 0.2) is 0 Å². The molecule has 1 heterocycles. The molecule has 0 atom stereocenters. The highest BCUT2D eigenvalue weighted by Gasteiger charge is 2.04. The van der Waals surface area contributed by atoms with Gasteiger partial charge in [0.25, 0.3) is 0 Å². The summed E-state index contributed by atoms with van der Waals surface area (Å²) in [7, 11) is 1.84. The summed E-state index contributed by atoms with van der Waals surface area (Å²) in [5.41, 5.74) is 2.04. The Hall–Kier alpha value is -0.940. The van der Waals surface area contributed by atoms with E-state index in [0.717, 1.165) is 17.1 Å². The van der Waals surface area contributed by atoms with Gasteiger partial charge in [-0.2, -0.15) is 0 Å². The lowest BCUT2D eigenvalue weighted by molar-refractivity contribution is 1.15. The number of hydrogen-bond donors (Lipinski definition) is 2. The Morgan fingerprint density at radius 2 is 1.63 bits per heavy atom. The lowest BCUT2D eigenvalue weighted by atomic mass is 10.2. The molecule has 0 bridgehead atoms. The van der Waals surface area contributed by atoms with E-state index in [0.29, 0.717) is 0 Å². The monoisotopic (exact) mass is 288 g/mol. The van der Waals surface area contributed by atoms with Crippen LogP contribution in [0.2, 0.25) is 0 Å². The average Bonchev–Trinajstić information content (AvgIpc) is 2.52. The fourth-order valence-corrected chi connectivity index (χ4v) is 1.40. The van der Waals surface area contributed by atoms with E-state index < -0.39 is 0 Å². The summed E-state index contributed by atoms with van der Waals surface area (Å²) in [5.74, 6) is 6.58. The van der Waals surface area contributed by atoms with E-state index in [1.165, 1.54) is 11.9 Å². The van der Waals surface area contributed by atoms with E-state index in [9.17, 15) is 0 Å². The van der Waals surface area contributed by atoms with E-state index >= 15 is 0 Å². The first-order chi connectivity index (χ1) is 9.19. The highest BCUT2D eigenvalue weighted by Crippen LogP contribution is 2.22. The van der Waals surface area contributed by atoms with Crippen molar-refractivity contribution in [3.05, 3.63) is 17.8 Å². The molecule has 1 rings (SSSR count). The number of rotatable bonds is 3. The third kappa shape index (κ3) is 9.62. The van der Waals surface area contributed by atoms with Gasteiger partial charge in [-0.25, -0.2) is 10.8 Å². The molecule has 0 aliphatic rings. The molecule has 1 aromatic heterocycles. The van der Waals surface area contributed by atoms with Crippen molar-refractivity contribution in [3.63, 3.8) is 0 Å². The number of nitrogens with one attached hydrogen (secondary N) is 1. The second-order valence-corrected chi connectivity index (χ2v) is 3.37. The summed E-state index contributed by atoms with van der Waals surface area (Å²) in [6.07, 6.45) is 3.68. The maximum Gasteiger partial charge on any atom is 0.126 e. The van der Waals surface area contributed by atoms with E-state index in [-0.39, 0.29) is 0 Å². The standard InChI is InChI=1S/C8H14N4S.3C2H6/c1-6-4-8(10-2)11-5-7(6)12(9)13-3;3*1-2/h4-5H,9H2,1-3H3,(H,10,11);3*1-2H3. The quantitative estimate of drug-likeness (QED) is 0.488. The van der Waals surface area contributed by atoms with Gasteiger partial charge in [-0.15, -0.1) is 0 Å². The van der Waals surface area contributed by atoms with Crippen LogP contribution in [0.15, 0.2) is 12.3 Å². The molecule has 4 nitrogen and oxygen atoms in total. The highest BCUT2D eigenvalue weighted by molar-refractivity contribution is 7.99. The molecule has 0 fully saturated rings. The Kier molecular flexibility index (Phi) is 20.8. The second-order valence-electron chi connectivity index (χ2n) is 2.61. The van der Waals surface area contributed by atoms with Crippen molar-refractivity contribution in [2.45, 2.75) is 48.5 Å². The van der Waals surface area contributed by atoms with E-state index in [1.54, 1.807) is 10.6 Å². The summed E-state index contributed by atoms with van der Waals surface area (Å²) < 4.78 is 1.60. The molecule has 0 aliphatic heterocycles. The van der Waals surface area contributed by atoms with Crippen LogP contribution in [0.4, 0.5) is 11.5 Å². The summed E-state index contributed by atoms with van der Waals surface area (Å²) in [5, 5.41) is 2.97. The lowest BCUT2D eigenvalue weighted by Gasteiger charge is -2.16. The Morgan fingerprint density at radius 1 is 1.16 bits per heavy atom. The first-order valence-corrected chi connectivity index (χ1v) is 8.10. The van der Waals surface area contributed by atoms with Crippen LogP contribution < -0.4 is 15.6 Å². The average molecular weight is 289 g/mol. The maximum atomic E-state index is 5.72. The minimum atomic E-state index is 0.857. The number of anilines is 2. The number of nitrogens with zero attached hydrogens (tertiary/aromatic N) is 2. The van der Waals surface area contributed by atoms with Gasteiger partial charge in [-0.3, -0.25) is 4.41 Å². The van der Waals surface area contributed by atoms with Gasteiger partial charge in [0.2, 0.25) is 0 Å². The van der Waals surface area contributed by atoms with Crippen LogP contribution >= 0.6 is 11.9 Å². The fourth-order valence-electron chi connectivity index (χ4n) is 1.01. The first kappa shape index (κ1) is 23.2. The number of nitrogens with two attached hydrogens (primary N) is 1. The summed E-state index contributed by atoms with van der Waals surface area (Å²) in [6, 6.07) is 1.96. The number of hydrogen-bond acceptors (Lipinski definition) is 5. The van der Waals surface area contributed by atoms with Crippen molar-refractivity contribution in [1.82, 2.24) is 4.98 Å². The van der Waals surface area contributed by atoms with Crippen LogP contribution in [0.5, 0.6) is 0 Å². The highest BCUT2D eigenvalue weighted by atomic mass is 32.2. The Labute approximate surface area is 124 Å². The van der Waals surface area contributed by atoms with Crippen LogP contribution in [0, 0.1) is 6.92 Å². The SMILES string of the molecule is CC.CC.CC.CNc1cc(C)c(N(N)SC)cn1. The molecule has 0 radical (unpaired) electrons. The first-order valence-electron chi connectivity index (χ1n) is 6.92. The fraction of sp³-hybridized carbons (Fsp3) is 0.643. The van der Waals surface area contributed by atoms with Crippen molar-refractivity contribution < 1.29 is 0 Å². The van der Waals surface area contributed by atoms with Gasteiger partial charge in [-0.1, -0.05) is 41.5 Å². The largest absolute Gasteiger partial charge is 0.373 e. The Balaban J connectivity index is -0.000000375. The number of aryl methyl sites for hydroxylation is 1. The van der Waals surface area contributed by atoms with Crippen molar-refractivity contribution in [1.29, 1.82) is 0 Å². The summed E-state index contributed by atoms with van der Waals surface area (Å²) in [4.78, 5) is 4.18. The van der Waals surface area contributed by atoms with E-state index in [2.05, 4.69) is 10.3 Å². The third-order valence-electron chi connectivity index (χ3n) is 1.77.